The molecule has 6 heteroatoms. The van der Waals surface area contributed by atoms with Gasteiger partial charge in [-0.2, -0.15) is 0 Å². The molecule has 0 spiro atoms. The van der Waals surface area contributed by atoms with Gasteiger partial charge >= 0.3 is 0 Å². The number of ether oxygens (including phenoxy) is 1. The molecule has 1 aliphatic rings. The van der Waals surface area contributed by atoms with Crippen LogP contribution < -0.4 is 5.73 Å². The lowest BCUT2D eigenvalue weighted by atomic mass is 10.1. The monoisotopic (exact) mass is 292 g/mol. The van der Waals surface area contributed by atoms with Gasteiger partial charge in [-0.15, -0.1) is 5.10 Å². The summed E-state index contributed by atoms with van der Waals surface area (Å²) in [4.78, 5) is 0. The molecule has 0 saturated carbocycles. The number of halogens is 1. The number of rotatable bonds is 4. The number of nitrogens with zero attached hydrogens (tertiary/aromatic N) is 3. The number of aromatic nitrogens is 3. The first kappa shape index (κ1) is 13.5. The molecule has 0 bridgehead atoms. The van der Waals surface area contributed by atoms with Crippen molar-refractivity contribution in [1.29, 1.82) is 0 Å². The number of nitrogens with two attached hydrogens (primary N) is 1. The summed E-state index contributed by atoms with van der Waals surface area (Å²) in [6, 6.07) is 7.75. The molecule has 2 heterocycles. The lowest BCUT2D eigenvalue weighted by Crippen LogP contribution is -2.12. The molecule has 1 unspecified atom stereocenters. The Bertz CT molecular complexity index is 593. The highest BCUT2D eigenvalue weighted by Crippen LogP contribution is 2.30. The summed E-state index contributed by atoms with van der Waals surface area (Å²) >= 11 is 6.02. The van der Waals surface area contributed by atoms with Crippen LogP contribution in [0, 0.1) is 0 Å². The average Bonchev–Trinajstić information content (AvgIpc) is 3.07. The predicted octanol–water partition coefficient (Wildman–Crippen LogP) is 2.29. The smallest absolute Gasteiger partial charge is 0.102 e. The first-order valence-electron chi connectivity index (χ1n) is 6.76. The van der Waals surface area contributed by atoms with Gasteiger partial charge in [0.25, 0.3) is 0 Å². The molecule has 2 N–H and O–H groups in total. The van der Waals surface area contributed by atoms with Crippen molar-refractivity contribution < 1.29 is 4.74 Å². The maximum Gasteiger partial charge on any atom is 0.102 e. The molecule has 3 rings (SSSR count). The maximum atomic E-state index is 6.02. The van der Waals surface area contributed by atoms with E-state index >= 15 is 0 Å². The van der Waals surface area contributed by atoms with Crippen LogP contribution in [0.5, 0.6) is 0 Å². The van der Waals surface area contributed by atoms with Gasteiger partial charge in [0.15, 0.2) is 0 Å². The Kier molecular flexibility index (Phi) is 4.00. The summed E-state index contributed by atoms with van der Waals surface area (Å²) in [5, 5.41) is 9.12. The van der Waals surface area contributed by atoms with Gasteiger partial charge in [-0.3, -0.25) is 0 Å². The van der Waals surface area contributed by atoms with E-state index in [2.05, 4.69) is 10.3 Å². The Labute approximate surface area is 122 Å². The summed E-state index contributed by atoms with van der Waals surface area (Å²) in [5.74, 6) is 0. The molecule has 1 aromatic heterocycles. The van der Waals surface area contributed by atoms with Crippen molar-refractivity contribution in [3.63, 3.8) is 0 Å². The molecule has 0 radical (unpaired) electrons. The van der Waals surface area contributed by atoms with Crippen LogP contribution in [0.2, 0.25) is 5.02 Å². The third-order valence-electron chi connectivity index (χ3n) is 3.50. The van der Waals surface area contributed by atoms with E-state index < -0.39 is 0 Å². The van der Waals surface area contributed by atoms with E-state index in [9.17, 15) is 0 Å². The third-order valence-corrected chi connectivity index (χ3v) is 3.73. The van der Waals surface area contributed by atoms with Crippen molar-refractivity contribution in [2.24, 2.45) is 5.73 Å². The summed E-state index contributed by atoms with van der Waals surface area (Å²) in [6.07, 6.45) is 2.12. The van der Waals surface area contributed by atoms with Gasteiger partial charge in [0.2, 0.25) is 0 Å². The van der Waals surface area contributed by atoms with Crippen molar-refractivity contribution >= 4 is 11.6 Å². The normalized spacial score (nSPS) is 18.6. The first-order chi connectivity index (χ1) is 9.78. The number of hydrogen-bond acceptors (Lipinski definition) is 4. The van der Waals surface area contributed by atoms with Crippen LogP contribution in [0.1, 0.15) is 35.9 Å². The van der Waals surface area contributed by atoms with Crippen LogP contribution in [-0.4, -0.2) is 21.6 Å². The number of hydrogen-bond donors (Lipinski definition) is 1. The molecule has 1 saturated heterocycles. The van der Waals surface area contributed by atoms with Gasteiger partial charge in [-0.05, 0) is 30.5 Å². The fourth-order valence-corrected chi connectivity index (χ4v) is 2.79. The largest absolute Gasteiger partial charge is 0.372 e. The lowest BCUT2D eigenvalue weighted by Gasteiger charge is -2.13. The third kappa shape index (κ3) is 2.70. The van der Waals surface area contributed by atoms with Crippen molar-refractivity contribution in [1.82, 2.24) is 15.0 Å². The molecular weight excluding hydrogens is 276 g/mol. The number of benzene rings is 1. The molecule has 1 atom stereocenters. The van der Waals surface area contributed by atoms with Gasteiger partial charge < -0.3 is 10.5 Å². The first-order valence-corrected chi connectivity index (χ1v) is 7.14. The van der Waals surface area contributed by atoms with Crippen LogP contribution in [0.4, 0.5) is 0 Å². The zero-order chi connectivity index (χ0) is 13.9. The minimum atomic E-state index is 0.0581. The van der Waals surface area contributed by atoms with Gasteiger partial charge in [0.05, 0.1) is 12.2 Å². The molecular formula is C14H17ClN4O. The van der Waals surface area contributed by atoms with Crippen LogP contribution in [0.25, 0.3) is 0 Å². The maximum absolute atomic E-state index is 6.02. The average molecular weight is 293 g/mol. The fraction of sp³-hybridized carbons (Fsp3) is 0.429. The Hall–Kier alpha value is -1.43. The molecule has 1 fully saturated rings. The van der Waals surface area contributed by atoms with E-state index in [-0.39, 0.29) is 6.10 Å². The second-order valence-electron chi connectivity index (χ2n) is 4.91. The van der Waals surface area contributed by atoms with E-state index in [1.54, 1.807) is 0 Å². The summed E-state index contributed by atoms with van der Waals surface area (Å²) < 4.78 is 7.64. The van der Waals surface area contributed by atoms with Crippen LogP contribution in [0.3, 0.4) is 0 Å². The molecule has 2 aromatic rings. The Balaban J connectivity index is 1.91. The van der Waals surface area contributed by atoms with Crippen molar-refractivity contribution in [2.45, 2.75) is 32.0 Å². The highest BCUT2D eigenvalue weighted by molar-refractivity contribution is 6.30. The van der Waals surface area contributed by atoms with Crippen molar-refractivity contribution in [2.75, 3.05) is 6.61 Å². The topological polar surface area (TPSA) is 66.0 Å². The minimum absolute atomic E-state index is 0.0581. The fourth-order valence-electron chi connectivity index (χ4n) is 2.57. The molecule has 1 aromatic carbocycles. The summed E-state index contributed by atoms with van der Waals surface area (Å²) in [6.45, 7) is 1.80. The van der Waals surface area contributed by atoms with E-state index in [0.717, 1.165) is 41.4 Å². The van der Waals surface area contributed by atoms with E-state index in [1.165, 1.54) is 0 Å². The Morgan fingerprint density at radius 2 is 2.35 bits per heavy atom. The minimum Gasteiger partial charge on any atom is -0.372 e. The van der Waals surface area contributed by atoms with Crippen LogP contribution in [0.15, 0.2) is 24.3 Å². The Morgan fingerprint density at radius 3 is 3.05 bits per heavy atom. The van der Waals surface area contributed by atoms with E-state index in [4.69, 9.17) is 22.1 Å². The molecule has 20 heavy (non-hydrogen) atoms. The molecule has 0 amide bonds. The van der Waals surface area contributed by atoms with Gasteiger partial charge in [-0.25, -0.2) is 4.68 Å². The second kappa shape index (κ2) is 5.91. The molecule has 1 aliphatic heterocycles. The van der Waals surface area contributed by atoms with Crippen LogP contribution >= 0.6 is 11.6 Å². The Morgan fingerprint density at radius 1 is 1.45 bits per heavy atom. The molecule has 106 valence electrons. The zero-order valence-electron chi connectivity index (χ0n) is 11.1. The highest BCUT2D eigenvalue weighted by Gasteiger charge is 2.25. The SMILES string of the molecule is NCc1nnn(Cc2cccc(Cl)c2)c1C1CCCO1. The van der Waals surface area contributed by atoms with E-state index in [0.29, 0.717) is 13.1 Å². The predicted molar refractivity (Wildman–Crippen MR) is 76.4 cm³/mol. The van der Waals surface area contributed by atoms with Crippen molar-refractivity contribution in [3.05, 3.63) is 46.2 Å². The van der Waals surface area contributed by atoms with Gasteiger partial charge in [0.1, 0.15) is 11.8 Å². The van der Waals surface area contributed by atoms with Gasteiger partial charge in [-0.1, -0.05) is 28.9 Å². The quantitative estimate of drug-likeness (QED) is 0.939. The standard InChI is InChI=1S/C14H17ClN4O/c15-11-4-1-3-10(7-11)9-19-14(12(8-16)17-18-19)13-5-2-6-20-13/h1,3-4,7,13H,2,5-6,8-9,16H2. The zero-order valence-corrected chi connectivity index (χ0v) is 11.9. The highest BCUT2D eigenvalue weighted by atomic mass is 35.5. The lowest BCUT2D eigenvalue weighted by molar-refractivity contribution is 0.104. The van der Waals surface area contributed by atoms with Crippen LogP contribution in [-0.2, 0) is 17.8 Å². The van der Waals surface area contributed by atoms with E-state index in [1.807, 2.05) is 28.9 Å². The second-order valence-corrected chi connectivity index (χ2v) is 5.35. The molecule has 0 aliphatic carbocycles. The van der Waals surface area contributed by atoms with Gasteiger partial charge in [0, 0.05) is 18.2 Å². The van der Waals surface area contributed by atoms with Crippen molar-refractivity contribution in [3.8, 4) is 0 Å². The molecule has 5 nitrogen and oxygen atoms in total. The summed E-state index contributed by atoms with van der Waals surface area (Å²) in [7, 11) is 0. The summed E-state index contributed by atoms with van der Waals surface area (Å²) in [5.41, 5.74) is 8.67.